The van der Waals surface area contributed by atoms with Crippen molar-refractivity contribution in [2.75, 3.05) is 0 Å². The predicted molar refractivity (Wildman–Crippen MR) is 76.7 cm³/mol. The minimum Gasteiger partial charge on any atom is -0.388 e. The predicted octanol–water partition coefficient (Wildman–Crippen LogP) is 5.20. The molecule has 0 fully saturated rings. The van der Waals surface area contributed by atoms with Crippen molar-refractivity contribution in [3.8, 4) is 0 Å². The molecule has 1 N–H and O–H groups in total. The van der Waals surface area contributed by atoms with Gasteiger partial charge in [-0.25, -0.2) is 0 Å². The van der Waals surface area contributed by atoms with Gasteiger partial charge in [-0.15, -0.1) is 11.3 Å². The molecule has 2 rings (SSSR count). The number of hydrogen-bond acceptors (Lipinski definition) is 2. The van der Waals surface area contributed by atoms with Crippen molar-refractivity contribution in [3.63, 3.8) is 0 Å². The number of aliphatic hydroxyl groups excluding tert-OH is 1. The van der Waals surface area contributed by atoms with E-state index < -0.39 is 17.8 Å². The number of aryl methyl sites for hydroxylation is 1. The molecule has 0 aliphatic heterocycles. The number of alkyl halides is 3. The Morgan fingerprint density at radius 3 is 2.60 bits per heavy atom. The standard InChI is InChI=1S/C14H12BrF3OS/c15-12-5-3-9(14(16,17)18)8-11(12)13(19)6-4-10-2-1-7-20-10/h1-3,5,7-8,13,19H,4,6H2. The second kappa shape index (κ2) is 6.28. The second-order valence-electron chi connectivity index (χ2n) is 4.37. The summed E-state index contributed by atoms with van der Waals surface area (Å²) in [5.74, 6) is 0. The molecule has 1 atom stereocenters. The van der Waals surface area contributed by atoms with Gasteiger partial charge >= 0.3 is 6.18 Å². The molecule has 108 valence electrons. The average molecular weight is 365 g/mol. The number of aliphatic hydroxyl groups is 1. The van der Waals surface area contributed by atoms with E-state index in [9.17, 15) is 18.3 Å². The summed E-state index contributed by atoms with van der Waals surface area (Å²) in [5.41, 5.74) is -0.470. The van der Waals surface area contributed by atoms with Crippen molar-refractivity contribution in [3.05, 3.63) is 56.2 Å². The molecule has 0 radical (unpaired) electrons. The van der Waals surface area contributed by atoms with Crippen LogP contribution < -0.4 is 0 Å². The molecule has 0 saturated heterocycles. The van der Waals surface area contributed by atoms with Gasteiger partial charge in [-0.1, -0.05) is 22.0 Å². The molecule has 0 spiro atoms. The van der Waals surface area contributed by atoms with E-state index in [2.05, 4.69) is 15.9 Å². The van der Waals surface area contributed by atoms with Gasteiger partial charge in [0, 0.05) is 9.35 Å². The van der Waals surface area contributed by atoms with Gasteiger partial charge < -0.3 is 5.11 Å². The van der Waals surface area contributed by atoms with Crippen LogP contribution in [0.1, 0.15) is 28.5 Å². The molecule has 0 bridgehead atoms. The lowest BCUT2D eigenvalue weighted by molar-refractivity contribution is -0.137. The summed E-state index contributed by atoms with van der Waals surface area (Å²) in [6.07, 6.45) is -4.29. The van der Waals surface area contributed by atoms with Crippen molar-refractivity contribution in [1.29, 1.82) is 0 Å². The third-order valence-electron chi connectivity index (χ3n) is 2.93. The molecule has 0 aliphatic carbocycles. The van der Waals surface area contributed by atoms with E-state index in [1.165, 1.54) is 6.07 Å². The highest BCUT2D eigenvalue weighted by Crippen LogP contribution is 2.35. The third kappa shape index (κ3) is 3.84. The molecule has 2 aromatic rings. The topological polar surface area (TPSA) is 20.2 Å². The third-order valence-corrected chi connectivity index (χ3v) is 4.58. The van der Waals surface area contributed by atoms with Gasteiger partial charge in [-0.3, -0.25) is 0 Å². The highest BCUT2D eigenvalue weighted by molar-refractivity contribution is 9.10. The zero-order valence-corrected chi connectivity index (χ0v) is 12.7. The molecule has 20 heavy (non-hydrogen) atoms. The van der Waals surface area contributed by atoms with Crippen LogP contribution in [0.5, 0.6) is 0 Å². The smallest absolute Gasteiger partial charge is 0.388 e. The Bertz CT molecular complexity index is 566. The first kappa shape index (κ1) is 15.5. The lowest BCUT2D eigenvalue weighted by Crippen LogP contribution is -2.08. The average Bonchev–Trinajstić information content (AvgIpc) is 2.88. The number of halogens is 4. The molecule has 0 saturated carbocycles. The van der Waals surface area contributed by atoms with Crippen molar-refractivity contribution >= 4 is 27.3 Å². The van der Waals surface area contributed by atoms with E-state index in [4.69, 9.17) is 0 Å². The van der Waals surface area contributed by atoms with E-state index in [1.807, 2.05) is 17.5 Å². The van der Waals surface area contributed by atoms with Gasteiger partial charge in [0.2, 0.25) is 0 Å². The Balaban J connectivity index is 2.14. The van der Waals surface area contributed by atoms with Crippen molar-refractivity contribution in [2.24, 2.45) is 0 Å². The van der Waals surface area contributed by atoms with Gasteiger partial charge in [0.15, 0.2) is 0 Å². The Labute approximate surface area is 127 Å². The summed E-state index contributed by atoms with van der Waals surface area (Å²) in [6.45, 7) is 0. The van der Waals surface area contributed by atoms with E-state index >= 15 is 0 Å². The second-order valence-corrected chi connectivity index (χ2v) is 6.25. The number of thiophene rings is 1. The molecule has 6 heteroatoms. The quantitative estimate of drug-likeness (QED) is 0.790. The summed E-state index contributed by atoms with van der Waals surface area (Å²) >= 11 is 4.76. The van der Waals surface area contributed by atoms with Crippen LogP contribution in [0.25, 0.3) is 0 Å². The molecular weight excluding hydrogens is 353 g/mol. The van der Waals surface area contributed by atoms with Crippen LogP contribution in [0.4, 0.5) is 13.2 Å². The fraction of sp³-hybridized carbons (Fsp3) is 0.286. The summed E-state index contributed by atoms with van der Waals surface area (Å²) in [4.78, 5) is 1.10. The van der Waals surface area contributed by atoms with Gasteiger partial charge in [0.1, 0.15) is 0 Å². The molecule has 1 unspecified atom stereocenters. The summed E-state index contributed by atoms with van der Waals surface area (Å²) in [7, 11) is 0. The Morgan fingerprint density at radius 2 is 2.00 bits per heavy atom. The van der Waals surface area contributed by atoms with Gasteiger partial charge in [0.25, 0.3) is 0 Å². The molecule has 1 aromatic heterocycles. The maximum absolute atomic E-state index is 12.7. The van der Waals surface area contributed by atoms with Crippen LogP contribution in [0, 0.1) is 0 Å². The van der Waals surface area contributed by atoms with Gasteiger partial charge in [-0.05, 0) is 48.1 Å². The summed E-state index contributed by atoms with van der Waals surface area (Å²) in [6, 6.07) is 7.18. The minimum absolute atomic E-state index is 0.274. The lowest BCUT2D eigenvalue weighted by atomic mass is 10.0. The first-order chi connectivity index (χ1) is 9.38. The lowest BCUT2D eigenvalue weighted by Gasteiger charge is -2.15. The Morgan fingerprint density at radius 1 is 1.25 bits per heavy atom. The van der Waals surface area contributed by atoms with Gasteiger partial charge in [-0.2, -0.15) is 13.2 Å². The monoisotopic (exact) mass is 364 g/mol. The molecule has 1 nitrogen and oxygen atoms in total. The Kier molecular flexibility index (Phi) is 4.88. The number of rotatable bonds is 4. The molecule has 1 heterocycles. The minimum atomic E-state index is -4.40. The maximum atomic E-state index is 12.7. The van der Waals surface area contributed by atoms with E-state index in [1.54, 1.807) is 11.3 Å². The van der Waals surface area contributed by atoms with E-state index in [0.717, 1.165) is 17.0 Å². The zero-order chi connectivity index (χ0) is 14.8. The Hall–Kier alpha value is -0.850. The van der Waals surface area contributed by atoms with Crippen LogP contribution in [0.2, 0.25) is 0 Å². The van der Waals surface area contributed by atoms with Crippen LogP contribution in [-0.2, 0) is 12.6 Å². The SMILES string of the molecule is OC(CCc1cccs1)c1cc(C(F)(F)F)ccc1Br. The number of benzene rings is 1. The van der Waals surface area contributed by atoms with Crippen LogP contribution in [0.3, 0.4) is 0 Å². The number of hydrogen-bond donors (Lipinski definition) is 1. The maximum Gasteiger partial charge on any atom is 0.416 e. The first-order valence-corrected chi connectivity index (χ1v) is 7.62. The molecule has 0 amide bonds. The van der Waals surface area contributed by atoms with E-state index in [-0.39, 0.29) is 5.56 Å². The fourth-order valence-electron chi connectivity index (χ4n) is 1.86. The summed E-state index contributed by atoms with van der Waals surface area (Å²) in [5, 5.41) is 12.0. The fourth-order valence-corrected chi connectivity index (χ4v) is 3.10. The summed E-state index contributed by atoms with van der Waals surface area (Å²) < 4.78 is 38.5. The van der Waals surface area contributed by atoms with Crippen molar-refractivity contribution in [1.82, 2.24) is 0 Å². The molecule has 0 aliphatic rings. The molecular formula is C14H12BrF3OS. The zero-order valence-electron chi connectivity index (χ0n) is 10.3. The van der Waals surface area contributed by atoms with Crippen LogP contribution >= 0.6 is 27.3 Å². The van der Waals surface area contributed by atoms with Gasteiger partial charge in [0.05, 0.1) is 11.7 Å². The van der Waals surface area contributed by atoms with Crippen molar-refractivity contribution in [2.45, 2.75) is 25.1 Å². The van der Waals surface area contributed by atoms with E-state index in [0.29, 0.717) is 17.3 Å². The highest BCUT2D eigenvalue weighted by atomic mass is 79.9. The normalized spacial score (nSPS) is 13.4. The largest absolute Gasteiger partial charge is 0.416 e. The van der Waals surface area contributed by atoms with Crippen LogP contribution in [0.15, 0.2) is 40.2 Å². The first-order valence-electron chi connectivity index (χ1n) is 5.95. The van der Waals surface area contributed by atoms with Crippen LogP contribution in [-0.4, -0.2) is 5.11 Å². The molecule has 1 aromatic carbocycles. The highest BCUT2D eigenvalue weighted by Gasteiger charge is 2.31. The van der Waals surface area contributed by atoms with Crippen molar-refractivity contribution < 1.29 is 18.3 Å².